The summed E-state index contributed by atoms with van der Waals surface area (Å²) in [4.78, 5) is 0. The Kier molecular flexibility index (Phi) is 13.5. The van der Waals surface area contributed by atoms with E-state index in [1.807, 2.05) is 0 Å². The van der Waals surface area contributed by atoms with Gasteiger partial charge in [0, 0.05) is 0 Å². The average molecular weight is 469 g/mol. The van der Waals surface area contributed by atoms with Crippen LogP contribution < -0.4 is 9.07 Å². The number of hydrogen-bond acceptors (Lipinski definition) is 1. The molecule has 0 aliphatic heterocycles. The van der Waals surface area contributed by atoms with Crippen molar-refractivity contribution in [3.05, 3.63) is 59.7 Å². The van der Waals surface area contributed by atoms with Crippen LogP contribution in [0.15, 0.2) is 48.5 Å². The van der Waals surface area contributed by atoms with Gasteiger partial charge in [-0.3, -0.25) is 0 Å². The average Bonchev–Trinajstić information content (AvgIpc) is 2.78. The second-order valence-corrected chi connectivity index (χ2v) is 11.1. The van der Waals surface area contributed by atoms with Crippen molar-refractivity contribution in [1.29, 1.82) is 0 Å². The maximum absolute atomic E-state index is 6.16. The molecule has 0 aliphatic carbocycles. The van der Waals surface area contributed by atoms with Gasteiger partial charge < -0.3 is 0 Å². The van der Waals surface area contributed by atoms with Crippen molar-refractivity contribution >= 4 is 19.7 Å². The molecular weight excluding hydrogens is 427 g/mol. The molecule has 0 bridgehead atoms. The molecule has 0 nitrogen and oxygen atoms in total. The molecule has 0 fully saturated rings. The van der Waals surface area contributed by atoms with Crippen molar-refractivity contribution in [3.63, 3.8) is 0 Å². The molecule has 0 saturated carbocycles. The van der Waals surface area contributed by atoms with Crippen molar-refractivity contribution < 1.29 is 11.8 Å². The van der Waals surface area contributed by atoms with Gasteiger partial charge in [-0.25, -0.2) is 0 Å². The zero-order chi connectivity index (χ0) is 21.4. The summed E-state index contributed by atoms with van der Waals surface area (Å²) in [6.07, 6.45) is 18.5. The van der Waals surface area contributed by atoms with Crippen LogP contribution in [0.4, 0.5) is 0 Å². The zero-order valence-electron chi connectivity index (χ0n) is 19.2. The molecular formula is C28H42NiS. The summed E-state index contributed by atoms with van der Waals surface area (Å²) in [6.45, 7) is 4.57. The molecule has 170 valence electrons. The molecule has 0 N–H and O–H groups in total. The summed E-state index contributed by atoms with van der Waals surface area (Å²) in [5, 5.41) is 0. The number of hydrogen-bond donors (Lipinski definition) is 0. The Morgan fingerprint density at radius 2 is 0.900 bits per heavy atom. The molecule has 0 saturated heterocycles. The van der Waals surface area contributed by atoms with Crippen LogP contribution in [0.2, 0.25) is 0 Å². The molecule has 0 atom stereocenters. The third-order valence-electron chi connectivity index (χ3n) is 5.76. The van der Waals surface area contributed by atoms with Gasteiger partial charge in [0.25, 0.3) is 0 Å². The molecule has 0 aliphatic rings. The summed E-state index contributed by atoms with van der Waals surface area (Å²) in [5.74, 6) is 0. The fourth-order valence-electron chi connectivity index (χ4n) is 3.93. The van der Waals surface area contributed by atoms with Crippen molar-refractivity contribution in [2.75, 3.05) is 0 Å². The molecule has 0 radical (unpaired) electrons. The van der Waals surface area contributed by atoms with Crippen LogP contribution in [0.5, 0.6) is 0 Å². The van der Waals surface area contributed by atoms with Gasteiger partial charge in [0.15, 0.2) is 0 Å². The predicted octanol–water partition coefficient (Wildman–Crippen LogP) is 8.17. The topological polar surface area (TPSA) is 0 Å². The predicted molar refractivity (Wildman–Crippen MR) is 134 cm³/mol. The standard InChI is InChI=1S/2C14H21.Ni.S/c2*1-2-3-4-5-6-8-11-14-12-9-7-10-13-14;;/h2*7,9-10,12H,2-6,8,11H2,1H3;;. The molecule has 0 spiro atoms. The summed E-state index contributed by atoms with van der Waals surface area (Å²) < 4.78 is 2.80. The van der Waals surface area contributed by atoms with Crippen LogP contribution in [0.3, 0.4) is 0 Å². The van der Waals surface area contributed by atoms with E-state index in [2.05, 4.69) is 62.4 Å². The zero-order valence-corrected chi connectivity index (χ0v) is 21.0. The van der Waals surface area contributed by atoms with Crippen LogP contribution >= 0.6 is 10.7 Å². The fourth-order valence-corrected chi connectivity index (χ4v) is 6.73. The summed E-state index contributed by atoms with van der Waals surface area (Å²) in [7, 11) is 6.16. The third-order valence-corrected chi connectivity index (χ3v) is 8.84. The Morgan fingerprint density at radius 1 is 0.533 bits per heavy atom. The number of rotatable bonds is 16. The van der Waals surface area contributed by atoms with E-state index in [1.54, 1.807) is 0 Å². The monoisotopic (exact) mass is 468 g/mol. The van der Waals surface area contributed by atoms with Crippen molar-refractivity contribution in [2.45, 2.75) is 104 Å². The fraction of sp³-hybridized carbons (Fsp3) is 0.571. The van der Waals surface area contributed by atoms with E-state index in [0.717, 1.165) is 0 Å². The minimum atomic E-state index is -0.419. The Labute approximate surface area is 194 Å². The first-order chi connectivity index (χ1) is 14.8. The Morgan fingerprint density at radius 3 is 1.33 bits per heavy atom. The quantitative estimate of drug-likeness (QED) is 0.177. The summed E-state index contributed by atoms with van der Waals surface area (Å²) in [5.41, 5.74) is 2.96. The van der Waals surface area contributed by atoms with Gasteiger partial charge in [-0.2, -0.15) is 0 Å². The molecule has 0 amide bonds. The maximum atomic E-state index is 6.16. The molecule has 2 aromatic carbocycles. The van der Waals surface area contributed by atoms with E-state index in [-0.39, 0.29) is 0 Å². The van der Waals surface area contributed by atoms with Gasteiger partial charge in [0.05, 0.1) is 0 Å². The number of benzene rings is 2. The summed E-state index contributed by atoms with van der Waals surface area (Å²) in [6, 6.07) is 17.9. The van der Waals surface area contributed by atoms with Crippen LogP contribution in [-0.4, -0.2) is 0 Å². The first-order valence-corrected chi connectivity index (χ1v) is 14.7. The first-order valence-electron chi connectivity index (χ1n) is 12.2. The van der Waals surface area contributed by atoms with Crippen LogP contribution in [0.1, 0.15) is 102 Å². The minimum absolute atomic E-state index is 0.419. The second kappa shape index (κ2) is 15.9. The van der Waals surface area contributed by atoms with E-state index in [4.69, 9.17) is 10.7 Å². The molecule has 0 aromatic heterocycles. The van der Waals surface area contributed by atoms with Gasteiger partial charge in [-0.05, 0) is 0 Å². The Bertz CT molecular complexity index is 675. The summed E-state index contributed by atoms with van der Waals surface area (Å²) >= 11 is -0.419. The van der Waals surface area contributed by atoms with E-state index >= 15 is 0 Å². The van der Waals surface area contributed by atoms with Gasteiger partial charge in [0.1, 0.15) is 0 Å². The van der Waals surface area contributed by atoms with Crippen LogP contribution in [0, 0.1) is 0 Å². The molecule has 2 heteroatoms. The van der Waals surface area contributed by atoms with E-state index in [0.29, 0.717) is 0 Å². The van der Waals surface area contributed by atoms with Gasteiger partial charge in [-0.15, -0.1) is 0 Å². The van der Waals surface area contributed by atoms with Crippen molar-refractivity contribution in [2.24, 2.45) is 0 Å². The SMILES string of the molecule is CCCCCCCCc1cccc[c]1[Ni](=[S])[c]1ccccc1CCCCCCCC. The third kappa shape index (κ3) is 9.11. The van der Waals surface area contributed by atoms with Gasteiger partial charge in [-0.1, -0.05) is 0 Å². The van der Waals surface area contributed by atoms with Crippen LogP contribution in [0.25, 0.3) is 0 Å². The molecule has 30 heavy (non-hydrogen) atoms. The van der Waals surface area contributed by atoms with E-state index < -0.39 is 11.8 Å². The molecule has 2 rings (SSSR count). The second-order valence-electron chi connectivity index (χ2n) is 8.36. The van der Waals surface area contributed by atoms with Crippen LogP contribution in [-0.2, 0) is 24.7 Å². The van der Waals surface area contributed by atoms with Crippen molar-refractivity contribution in [1.82, 2.24) is 0 Å². The Balaban J connectivity index is 1.97. The molecule has 2 aromatic rings. The number of unbranched alkanes of at least 4 members (excludes halogenated alkanes) is 10. The van der Waals surface area contributed by atoms with Crippen molar-refractivity contribution in [3.8, 4) is 0 Å². The van der Waals surface area contributed by atoms with E-state index in [9.17, 15) is 0 Å². The molecule has 0 unspecified atom stereocenters. The number of aryl methyl sites for hydroxylation is 2. The Hall–Kier alpha value is -0.846. The van der Waals surface area contributed by atoms with E-state index in [1.165, 1.54) is 110 Å². The molecule has 0 heterocycles. The van der Waals surface area contributed by atoms with Gasteiger partial charge in [0.2, 0.25) is 0 Å². The van der Waals surface area contributed by atoms with Gasteiger partial charge >= 0.3 is 195 Å². The first kappa shape index (κ1) is 25.4. The normalized spacial score (nSPS) is 11.6.